The first-order chi connectivity index (χ1) is 10.8. The molecule has 2 heterocycles. The van der Waals surface area contributed by atoms with Crippen LogP contribution in [0.4, 0.5) is 10.6 Å². The minimum absolute atomic E-state index is 0.387. The van der Waals surface area contributed by atoms with Crippen LogP contribution in [0.1, 0.15) is 27.2 Å². The fourth-order valence-electron chi connectivity index (χ4n) is 1.97. The lowest BCUT2D eigenvalue weighted by molar-refractivity contribution is 0.0527. The van der Waals surface area contributed by atoms with Crippen molar-refractivity contribution < 1.29 is 9.53 Å². The topological polar surface area (TPSA) is 71.8 Å². The number of imidazole rings is 1. The van der Waals surface area contributed by atoms with Gasteiger partial charge in [0.2, 0.25) is 0 Å². The zero-order valence-corrected chi connectivity index (χ0v) is 15.4. The Labute approximate surface area is 144 Å². The van der Waals surface area contributed by atoms with Crippen LogP contribution in [0.2, 0.25) is 0 Å². The molecule has 23 heavy (non-hydrogen) atoms. The number of anilines is 1. The average molecular weight is 384 g/mol. The number of aromatic nitrogens is 3. The van der Waals surface area contributed by atoms with Crippen molar-refractivity contribution in [3.8, 4) is 0 Å². The van der Waals surface area contributed by atoms with E-state index in [2.05, 4.69) is 31.3 Å². The quantitative estimate of drug-likeness (QED) is 0.803. The SMILES string of the molecule is CN(CCCNC(=O)OC(C)(C)C)c1ccc2ncc(Br)n2n1. The lowest BCUT2D eigenvalue weighted by atomic mass is 10.2. The number of halogens is 1. The third-order valence-corrected chi connectivity index (χ3v) is 3.58. The standard InChI is InChI=1S/C15H22BrN5O2/c1-15(2,3)23-14(22)17-8-5-9-20(4)13-7-6-12-18-10-11(16)21(12)19-13/h6-7,10H,5,8-9H2,1-4H3,(H,17,22). The molecule has 7 nitrogen and oxygen atoms in total. The van der Waals surface area contributed by atoms with Crippen LogP contribution >= 0.6 is 15.9 Å². The summed E-state index contributed by atoms with van der Waals surface area (Å²) in [6.45, 7) is 6.85. The molecule has 2 aromatic heterocycles. The molecule has 0 aliphatic carbocycles. The van der Waals surface area contributed by atoms with Crippen molar-refractivity contribution in [2.24, 2.45) is 0 Å². The molecular formula is C15H22BrN5O2. The normalized spacial score (nSPS) is 11.5. The molecule has 2 aromatic rings. The molecule has 0 aliphatic heterocycles. The van der Waals surface area contributed by atoms with Crippen LogP contribution in [-0.4, -0.2) is 46.4 Å². The van der Waals surface area contributed by atoms with Gasteiger partial charge in [0.25, 0.3) is 0 Å². The van der Waals surface area contributed by atoms with Crippen molar-refractivity contribution in [3.05, 3.63) is 22.9 Å². The maximum atomic E-state index is 11.6. The van der Waals surface area contributed by atoms with Crippen LogP contribution in [0.15, 0.2) is 22.9 Å². The largest absolute Gasteiger partial charge is 0.444 e. The summed E-state index contributed by atoms with van der Waals surface area (Å²) in [6.07, 6.45) is 2.12. The number of amides is 1. The molecule has 0 saturated carbocycles. The van der Waals surface area contributed by atoms with Gasteiger partial charge < -0.3 is 15.0 Å². The van der Waals surface area contributed by atoms with Gasteiger partial charge in [-0.05, 0) is 55.3 Å². The van der Waals surface area contributed by atoms with Gasteiger partial charge >= 0.3 is 6.09 Å². The number of hydrogen-bond acceptors (Lipinski definition) is 5. The van der Waals surface area contributed by atoms with E-state index in [9.17, 15) is 4.79 Å². The van der Waals surface area contributed by atoms with Gasteiger partial charge in [-0.2, -0.15) is 0 Å². The Morgan fingerprint density at radius 1 is 1.43 bits per heavy atom. The summed E-state index contributed by atoms with van der Waals surface area (Å²) < 4.78 is 7.75. The van der Waals surface area contributed by atoms with E-state index in [4.69, 9.17) is 4.74 Å². The van der Waals surface area contributed by atoms with E-state index in [1.54, 1.807) is 10.7 Å². The minimum atomic E-state index is -0.474. The van der Waals surface area contributed by atoms with Crippen LogP contribution < -0.4 is 10.2 Å². The van der Waals surface area contributed by atoms with Gasteiger partial charge in [-0.3, -0.25) is 0 Å². The van der Waals surface area contributed by atoms with Gasteiger partial charge in [-0.15, -0.1) is 5.10 Å². The van der Waals surface area contributed by atoms with E-state index in [1.807, 2.05) is 44.9 Å². The number of alkyl carbamates (subject to hydrolysis) is 1. The highest BCUT2D eigenvalue weighted by molar-refractivity contribution is 9.10. The van der Waals surface area contributed by atoms with E-state index >= 15 is 0 Å². The molecule has 0 atom stereocenters. The lowest BCUT2D eigenvalue weighted by Gasteiger charge is -2.20. The smallest absolute Gasteiger partial charge is 0.407 e. The highest BCUT2D eigenvalue weighted by Crippen LogP contribution is 2.15. The monoisotopic (exact) mass is 383 g/mol. The molecule has 1 amide bonds. The molecule has 8 heteroatoms. The van der Waals surface area contributed by atoms with Gasteiger partial charge in [0.05, 0.1) is 6.20 Å². The van der Waals surface area contributed by atoms with Gasteiger partial charge in [0, 0.05) is 20.1 Å². The van der Waals surface area contributed by atoms with Gasteiger partial charge in [-0.25, -0.2) is 14.3 Å². The fraction of sp³-hybridized carbons (Fsp3) is 0.533. The molecule has 0 aliphatic rings. The molecule has 0 unspecified atom stereocenters. The van der Waals surface area contributed by atoms with Crippen molar-refractivity contribution in [1.29, 1.82) is 0 Å². The van der Waals surface area contributed by atoms with Crippen LogP contribution in [0.5, 0.6) is 0 Å². The first kappa shape index (κ1) is 17.5. The number of hydrogen-bond donors (Lipinski definition) is 1. The molecule has 0 radical (unpaired) electrons. The number of ether oxygens (including phenoxy) is 1. The Kier molecular flexibility index (Phi) is 5.46. The Morgan fingerprint density at radius 3 is 2.87 bits per heavy atom. The third-order valence-electron chi connectivity index (χ3n) is 3.04. The van der Waals surface area contributed by atoms with Crippen molar-refractivity contribution >= 4 is 33.5 Å². The highest BCUT2D eigenvalue weighted by atomic mass is 79.9. The molecule has 0 fully saturated rings. The van der Waals surface area contributed by atoms with Crippen LogP contribution in [-0.2, 0) is 4.74 Å². The second kappa shape index (κ2) is 7.16. The van der Waals surface area contributed by atoms with Gasteiger partial charge in [0.1, 0.15) is 16.0 Å². The van der Waals surface area contributed by atoms with E-state index in [0.717, 1.165) is 29.0 Å². The number of rotatable bonds is 5. The summed E-state index contributed by atoms with van der Waals surface area (Å²) in [7, 11) is 1.96. The lowest BCUT2D eigenvalue weighted by Crippen LogP contribution is -2.34. The predicted molar refractivity (Wildman–Crippen MR) is 92.8 cm³/mol. The Morgan fingerprint density at radius 2 is 2.17 bits per heavy atom. The highest BCUT2D eigenvalue weighted by Gasteiger charge is 2.15. The average Bonchev–Trinajstić information content (AvgIpc) is 2.82. The second-order valence-electron chi connectivity index (χ2n) is 6.25. The first-order valence-corrected chi connectivity index (χ1v) is 8.24. The molecule has 1 N–H and O–H groups in total. The Hall–Kier alpha value is -1.83. The van der Waals surface area contributed by atoms with Crippen LogP contribution in [0.3, 0.4) is 0 Å². The maximum absolute atomic E-state index is 11.6. The zero-order chi connectivity index (χ0) is 17.0. The number of nitrogens with zero attached hydrogens (tertiary/aromatic N) is 4. The molecule has 126 valence electrons. The molecule has 0 aromatic carbocycles. The van der Waals surface area contributed by atoms with Gasteiger partial charge in [-0.1, -0.05) is 0 Å². The number of carbonyl (C=O) groups is 1. The third kappa shape index (κ3) is 5.09. The van der Waals surface area contributed by atoms with Crippen molar-refractivity contribution in [3.63, 3.8) is 0 Å². The zero-order valence-electron chi connectivity index (χ0n) is 13.8. The van der Waals surface area contributed by atoms with Crippen molar-refractivity contribution in [2.75, 3.05) is 25.0 Å². The van der Waals surface area contributed by atoms with Crippen LogP contribution in [0.25, 0.3) is 5.65 Å². The van der Waals surface area contributed by atoms with E-state index in [-0.39, 0.29) is 6.09 Å². The molecule has 2 rings (SSSR count). The molecule has 0 spiro atoms. The fourth-order valence-corrected chi connectivity index (χ4v) is 2.34. The summed E-state index contributed by atoms with van der Waals surface area (Å²) >= 11 is 3.41. The molecule has 0 saturated heterocycles. The number of fused-ring (bicyclic) bond motifs is 1. The molecular weight excluding hydrogens is 362 g/mol. The van der Waals surface area contributed by atoms with Crippen LogP contribution in [0, 0.1) is 0 Å². The van der Waals surface area contributed by atoms with Crippen molar-refractivity contribution in [2.45, 2.75) is 32.8 Å². The minimum Gasteiger partial charge on any atom is -0.444 e. The van der Waals surface area contributed by atoms with Crippen molar-refractivity contribution in [1.82, 2.24) is 19.9 Å². The second-order valence-corrected chi connectivity index (χ2v) is 7.06. The number of nitrogens with one attached hydrogen (secondary N) is 1. The maximum Gasteiger partial charge on any atom is 0.407 e. The van der Waals surface area contributed by atoms with Gasteiger partial charge in [0.15, 0.2) is 5.65 Å². The summed E-state index contributed by atoms with van der Waals surface area (Å²) in [5.41, 5.74) is 0.318. The van der Waals surface area contributed by atoms with E-state index in [0.29, 0.717) is 6.54 Å². The summed E-state index contributed by atoms with van der Waals surface area (Å²) in [4.78, 5) is 17.8. The Balaban J connectivity index is 1.81. The summed E-state index contributed by atoms with van der Waals surface area (Å²) in [5, 5.41) is 7.27. The number of carbonyl (C=O) groups excluding carboxylic acids is 1. The van der Waals surface area contributed by atoms with E-state index in [1.165, 1.54) is 0 Å². The summed E-state index contributed by atoms with van der Waals surface area (Å²) in [6, 6.07) is 3.85. The predicted octanol–water partition coefficient (Wildman–Crippen LogP) is 2.84. The Bertz CT molecular complexity index is 680. The van der Waals surface area contributed by atoms with E-state index < -0.39 is 5.60 Å². The summed E-state index contributed by atoms with van der Waals surface area (Å²) in [5.74, 6) is 0.841. The molecule has 0 bridgehead atoms. The first-order valence-electron chi connectivity index (χ1n) is 7.44.